The smallest absolute Gasteiger partial charge is 0.235 e. The lowest BCUT2D eigenvalue weighted by atomic mass is 10.00. The van der Waals surface area contributed by atoms with Gasteiger partial charge >= 0.3 is 0 Å². The molecule has 1 rings (SSSR count). The summed E-state index contributed by atoms with van der Waals surface area (Å²) in [6, 6.07) is 1.26. The van der Waals surface area contributed by atoms with Crippen molar-refractivity contribution in [3.63, 3.8) is 0 Å². The van der Waals surface area contributed by atoms with Crippen LogP contribution in [0.3, 0.4) is 0 Å². The van der Waals surface area contributed by atoms with Crippen molar-refractivity contribution in [2.75, 3.05) is 6.54 Å². The first-order valence-corrected chi connectivity index (χ1v) is 6.32. The van der Waals surface area contributed by atoms with E-state index in [4.69, 9.17) is 0 Å². The van der Waals surface area contributed by atoms with Crippen LogP contribution < -0.4 is 10.7 Å². The fourth-order valence-electron chi connectivity index (χ4n) is 2.27. The molecule has 1 saturated heterocycles. The van der Waals surface area contributed by atoms with E-state index in [0.29, 0.717) is 18.6 Å². The van der Waals surface area contributed by atoms with E-state index in [-0.39, 0.29) is 11.9 Å². The van der Waals surface area contributed by atoms with Crippen molar-refractivity contribution >= 4 is 5.91 Å². The van der Waals surface area contributed by atoms with Gasteiger partial charge in [-0.15, -0.1) is 0 Å². The second-order valence-electron chi connectivity index (χ2n) is 5.09. The summed E-state index contributed by atoms with van der Waals surface area (Å²) in [4.78, 5) is 11.5. The molecule has 2 N–H and O–H groups in total. The minimum absolute atomic E-state index is 0.0694. The molecular formula is C12H25N3O. The van der Waals surface area contributed by atoms with Crippen LogP contribution in [0.2, 0.25) is 0 Å². The van der Waals surface area contributed by atoms with Gasteiger partial charge in [0.05, 0.1) is 6.54 Å². The zero-order valence-corrected chi connectivity index (χ0v) is 10.9. The van der Waals surface area contributed by atoms with Crippen LogP contribution in [0.5, 0.6) is 0 Å². The number of nitrogens with zero attached hydrogens (tertiary/aromatic N) is 1. The summed E-state index contributed by atoms with van der Waals surface area (Å²) in [7, 11) is 0. The number of piperidine rings is 1. The van der Waals surface area contributed by atoms with Crippen LogP contribution >= 0.6 is 0 Å². The van der Waals surface area contributed by atoms with E-state index in [0.717, 1.165) is 0 Å². The van der Waals surface area contributed by atoms with Gasteiger partial charge in [-0.1, -0.05) is 6.42 Å². The normalized spacial score (nSPS) is 27.1. The molecule has 0 aromatic carbocycles. The molecular weight excluding hydrogens is 202 g/mol. The van der Waals surface area contributed by atoms with Crippen molar-refractivity contribution in [1.29, 1.82) is 0 Å². The maximum Gasteiger partial charge on any atom is 0.235 e. The van der Waals surface area contributed by atoms with E-state index in [1.807, 2.05) is 13.8 Å². The zero-order chi connectivity index (χ0) is 12.1. The Hall–Kier alpha value is -0.610. The molecule has 1 fully saturated rings. The van der Waals surface area contributed by atoms with Gasteiger partial charge in [0, 0.05) is 18.1 Å². The number of amides is 1. The van der Waals surface area contributed by atoms with Crippen LogP contribution in [0.1, 0.15) is 47.0 Å². The highest BCUT2D eigenvalue weighted by molar-refractivity contribution is 5.78. The van der Waals surface area contributed by atoms with E-state index >= 15 is 0 Å². The molecule has 0 saturated carbocycles. The van der Waals surface area contributed by atoms with Crippen molar-refractivity contribution < 1.29 is 4.79 Å². The molecule has 0 bridgehead atoms. The Morgan fingerprint density at radius 1 is 1.31 bits per heavy atom. The minimum atomic E-state index is 0.0694. The van der Waals surface area contributed by atoms with Gasteiger partial charge in [-0.3, -0.25) is 4.79 Å². The summed E-state index contributed by atoms with van der Waals surface area (Å²) in [6.07, 6.45) is 3.71. The van der Waals surface area contributed by atoms with Crippen molar-refractivity contribution in [1.82, 2.24) is 15.8 Å². The maximum atomic E-state index is 11.5. The van der Waals surface area contributed by atoms with E-state index < -0.39 is 0 Å². The third kappa shape index (κ3) is 4.10. The third-order valence-corrected chi connectivity index (χ3v) is 3.07. The van der Waals surface area contributed by atoms with Crippen molar-refractivity contribution in [3.05, 3.63) is 0 Å². The monoisotopic (exact) mass is 227 g/mol. The molecule has 94 valence electrons. The summed E-state index contributed by atoms with van der Waals surface area (Å²) in [5.41, 5.74) is 3.25. The molecule has 0 aliphatic carbocycles. The third-order valence-electron chi connectivity index (χ3n) is 3.07. The lowest BCUT2D eigenvalue weighted by molar-refractivity contribution is -0.122. The minimum Gasteiger partial charge on any atom is -0.353 e. The first kappa shape index (κ1) is 13.5. The Bertz CT molecular complexity index is 220. The molecule has 0 aromatic rings. The highest BCUT2D eigenvalue weighted by atomic mass is 16.2. The van der Waals surface area contributed by atoms with Gasteiger partial charge < -0.3 is 5.32 Å². The second kappa shape index (κ2) is 6.21. The molecule has 16 heavy (non-hydrogen) atoms. The summed E-state index contributed by atoms with van der Waals surface area (Å²) < 4.78 is 0. The van der Waals surface area contributed by atoms with Crippen LogP contribution in [0.25, 0.3) is 0 Å². The Morgan fingerprint density at radius 3 is 2.38 bits per heavy atom. The van der Waals surface area contributed by atoms with Crippen LogP contribution in [0.15, 0.2) is 0 Å². The predicted molar refractivity (Wildman–Crippen MR) is 65.9 cm³/mol. The molecule has 1 amide bonds. The number of hydrogen-bond donors (Lipinski definition) is 2. The van der Waals surface area contributed by atoms with Crippen molar-refractivity contribution in [3.8, 4) is 0 Å². The number of hydrogen-bond acceptors (Lipinski definition) is 3. The Labute approximate surface area is 98.7 Å². The molecule has 0 spiro atoms. The van der Waals surface area contributed by atoms with E-state index in [1.54, 1.807) is 0 Å². The molecule has 2 atom stereocenters. The van der Waals surface area contributed by atoms with Gasteiger partial charge in [0.15, 0.2) is 0 Å². The topological polar surface area (TPSA) is 44.4 Å². The van der Waals surface area contributed by atoms with E-state index in [9.17, 15) is 4.79 Å². The molecule has 2 unspecified atom stereocenters. The fraction of sp³-hybridized carbons (Fsp3) is 0.917. The van der Waals surface area contributed by atoms with Crippen molar-refractivity contribution in [2.24, 2.45) is 0 Å². The van der Waals surface area contributed by atoms with E-state index in [2.05, 4.69) is 29.6 Å². The van der Waals surface area contributed by atoms with Crippen LogP contribution in [0.4, 0.5) is 0 Å². The summed E-state index contributed by atoms with van der Waals surface area (Å²) in [6.45, 7) is 8.76. The van der Waals surface area contributed by atoms with Crippen LogP contribution in [-0.4, -0.2) is 35.6 Å². The standard InChI is InChI=1S/C12H25N3O/c1-9(2)14-12(16)8-13-15-10(3)6-5-7-11(15)4/h9-11,13H,5-8H2,1-4H3,(H,14,16). The van der Waals surface area contributed by atoms with Gasteiger partial charge in [-0.2, -0.15) is 0 Å². The SMILES string of the molecule is CC(C)NC(=O)CNN1C(C)CCCC1C. The average Bonchev–Trinajstić information content (AvgIpc) is 2.15. The lowest BCUT2D eigenvalue weighted by Crippen LogP contribution is -2.54. The summed E-state index contributed by atoms with van der Waals surface area (Å²) in [5.74, 6) is 0.0694. The van der Waals surface area contributed by atoms with Crippen molar-refractivity contribution in [2.45, 2.75) is 65.1 Å². The van der Waals surface area contributed by atoms with Gasteiger partial charge in [0.25, 0.3) is 0 Å². The maximum absolute atomic E-state index is 11.5. The summed E-state index contributed by atoms with van der Waals surface area (Å²) in [5, 5.41) is 5.11. The fourth-order valence-corrected chi connectivity index (χ4v) is 2.27. The average molecular weight is 227 g/mol. The van der Waals surface area contributed by atoms with Gasteiger partial charge in [0.1, 0.15) is 0 Å². The number of rotatable bonds is 4. The first-order valence-electron chi connectivity index (χ1n) is 6.32. The first-order chi connectivity index (χ1) is 7.50. The molecule has 0 radical (unpaired) electrons. The number of carbonyl (C=O) groups is 1. The molecule has 4 heteroatoms. The zero-order valence-electron chi connectivity index (χ0n) is 10.9. The quantitative estimate of drug-likeness (QED) is 0.760. The largest absolute Gasteiger partial charge is 0.353 e. The number of carbonyl (C=O) groups excluding carboxylic acids is 1. The number of nitrogens with one attached hydrogen (secondary N) is 2. The molecule has 1 heterocycles. The number of hydrazine groups is 1. The van der Waals surface area contributed by atoms with Crippen LogP contribution in [0, 0.1) is 0 Å². The molecule has 1 aliphatic rings. The van der Waals surface area contributed by atoms with Gasteiger partial charge in [0.2, 0.25) is 5.91 Å². The molecule has 1 aliphatic heterocycles. The summed E-state index contributed by atoms with van der Waals surface area (Å²) >= 11 is 0. The highest BCUT2D eigenvalue weighted by Crippen LogP contribution is 2.19. The lowest BCUT2D eigenvalue weighted by Gasteiger charge is -2.38. The Kier molecular flexibility index (Phi) is 5.22. The molecule has 4 nitrogen and oxygen atoms in total. The second-order valence-corrected chi connectivity index (χ2v) is 5.09. The van der Waals surface area contributed by atoms with Gasteiger partial charge in [-0.05, 0) is 40.5 Å². The van der Waals surface area contributed by atoms with Gasteiger partial charge in [-0.25, -0.2) is 10.4 Å². The predicted octanol–water partition coefficient (Wildman–Crippen LogP) is 1.28. The van der Waals surface area contributed by atoms with E-state index in [1.165, 1.54) is 19.3 Å². The Balaban J connectivity index is 2.32. The molecule has 0 aromatic heterocycles. The highest BCUT2D eigenvalue weighted by Gasteiger charge is 2.24. The van der Waals surface area contributed by atoms with Crippen LogP contribution in [-0.2, 0) is 4.79 Å². The Morgan fingerprint density at radius 2 is 1.88 bits per heavy atom.